The highest BCUT2D eigenvalue weighted by atomic mass is 32.2. The molecule has 0 heterocycles. The number of hydrogen-bond donors (Lipinski definition) is 2. The zero-order chi connectivity index (χ0) is 14.1. The average molecular weight is 296 g/mol. The highest BCUT2D eigenvalue weighted by Gasteiger charge is 2.18. The Labute approximate surface area is 105 Å². The Morgan fingerprint density at radius 1 is 1.22 bits per heavy atom. The first kappa shape index (κ1) is 14.9. The molecule has 102 valence electrons. The molecular weight excluding hydrogens is 283 g/mol. The highest BCUT2D eigenvalue weighted by molar-refractivity contribution is 7.93. The molecule has 0 saturated carbocycles. The van der Waals surface area contributed by atoms with Gasteiger partial charge < -0.3 is 0 Å². The Hall–Kier alpha value is -1.19. The smallest absolute Gasteiger partial charge is 0.240 e. The Balaban J connectivity index is 3.15. The van der Waals surface area contributed by atoms with Crippen molar-refractivity contribution in [1.82, 2.24) is 0 Å². The maximum atomic E-state index is 13.4. The SMILES string of the molecule is CC(C)S(=O)(=O)Nc1ccc(S(N)(=O)=O)c(F)c1. The lowest BCUT2D eigenvalue weighted by Crippen LogP contribution is -2.22. The van der Waals surface area contributed by atoms with Gasteiger partial charge in [-0.05, 0) is 32.0 Å². The van der Waals surface area contributed by atoms with Crippen LogP contribution in [0, 0.1) is 5.82 Å². The number of sulfonamides is 2. The van der Waals surface area contributed by atoms with E-state index in [1.54, 1.807) is 0 Å². The molecule has 9 heteroatoms. The maximum Gasteiger partial charge on any atom is 0.240 e. The lowest BCUT2D eigenvalue weighted by Gasteiger charge is -2.11. The summed E-state index contributed by atoms with van der Waals surface area (Å²) >= 11 is 0. The van der Waals surface area contributed by atoms with Crippen LogP contribution in [0.5, 0.6) is 0 Å². The van der Waals surface area contributed by atoms with Crippen molar-refractivity contribution in [3.8, 4) is 0 Å². The van der Waals surface area contributed by atoms with Crippen molar-refractivity contribution in [2.75, 3.05) is 4.72 Å². The molecular formula is C9H13FN2O4S2. The maximum absolute atomic E-state index is 13.4. The van der Waals surface area contributed by atoms with E-state index in [-0.39, 0.29) is 5.69 Å². The van der Waals surface area contributed by atoms with E-state index in [1.165, 1.54) is 13.8 Å². The Kier molecular flexibility index (Phi) is 3.99. The number of nitrogens with one attached hydrogen (secondary N) is 1. The number of rotatable bonds is 4. The molecule has 0 amide bonds. The van der Waals surface area contributed by atoms with Crippen LogP contribution in [-0.2, 0) is 20.0 Å². The molecule has 0 atom stereocenters. The van der Waals surface area contributed by atoms with Crippen LogP contribution in [0.15, 0.2) is 23.1 Å². The minimum absolute atomic E-state index is 0.0615. The average Bonchev–Trinajstić information content (AvgIpc) is 2.14. The van der Waals surface area contributed by atoms with Crippen LogP contribution in [-0.4, -0.2) is 22.1 Å². The molecule has 1 aromatic rings. The van der Waals surface area contributed by atoms with E-state index in [0.29, 0.717) is 0 Å². The van der Waals surface area contributed by atoms with Gasteiger partial charge in [-0.1, -0.05) is 0 Å². The van der Waals surface area contributed by atoms with Gasteiger partial charge in [0.05, 0.1) is 10.9 Å². The first-order chi connectivity index (χ1) is 8.04. The van der Waals surface area contributed by atoms with Crippen LogP contribution in [0.2, 0.25) is 0 Å². The van der Waals surface area contributed by atoms with Crippen LogP contribution in [0.25, 0.3) is 0 Å². The van der Waals surface area contributed by atoms with Gasteiger partial charge >= 0.3 is 0 Å². The van der Waals surface area contributed by atoms with Crippen LogP contribution in [0.4, 0.5) is 10.1 Å². The Morgan fingerprint density at radius 3 is 2.17 bits per heavy atom. The zero-order valence-corrected chi connectivity index (χ0v) is 11.3. The third-order valence-corrected chi connectivity index (χ3v) is 4.82. The van der Waals surface area contributed by atoms with Crippen molar-refractivity contribution < 1.29 is 21.2 Å². The molecule has 18 heavy (non-hydrogen) atoms. The minimum atomic E-state index is -4.16. The molecule has 3 N–H and O–H groups in total. The standard InChI is InChI=1S/C9H13FN2O4S2/c1-6(2)18(15,16)12-7-3-4-9(8(10)5-7)17(11,13)14/h3-6,12H,1-2H3,(H2,11,13,14). The van der Waals surface area contributed by atoms with Crippen molar-refractivity contribution >= 4 is 25.7 Å². The first-order valence-electron chi connectivity index (χ1n) is 4.88. The van der Waals surface area contributed by atoms with Gasteiger partial charge in [-0.25, -0.2) is 26.4 Å². The van der Waals surface area contributed by atoms with Gasteiger partial charge in [0.2, 0.25) is 20.0 Å². The summed E-state index contributed by atoms with van der Waals surface area (Å²) in [5, 5.41) is 4.08. The number of benzene rings is 1. The summed E-state index contributed by atoms with van der Waals surface area (Å²) in [6, 6.07) is 2.80. The largest absolute Gasteiger partial charge is 0.283 e. The summed E-state index contributed by atoms with van der Waals surface area (Å²) in [6.45, 7) is 2.91. The van der Waals surface area contributed by atoms with E-state index in [2.05, 4.69) is 4.72 Å². The Morgan fingerprint density at radius 2 is 1.78 bits per heavy atom. The summed E-state index contributed by atoms with van der Waals surface area (Å²) in [4.78, 5) is -0.685. The normalized spacial score (nSPS) is 12.7. The molecule has 0 aliphatic carbocycles. The molecule has 0 aromatic heterocycles. The van der Waals surface area contributed by atoms with Gasteiger partial charge in [0.1, 0.15) is 10.7 Å². The van der Waals surface area contributed by atoms with E-state index in [0.717, 1.165) is 18.2 Å². The van der Waals surface area contributed by atoms with Crippen molar-refractivity contribution in [1.29, 1.82) is 0 Å². The predicted molar refractivity (Wildman–Crippen MR) is 65.5 cm³/mol. The zero-order valence-electron chi connectivity index (χ0n) is 9.71. The lowest BCUT2D eigenvalue weighted by molar-refractivity contribution is 0.568. The number of primary sulfonamides is 1. The fraction of sp³-hybridized carbons (Fsp3) is 0.333. The molecule has 0 bridgehead atoms. The van der Waals surface area contributed by atoms with Gasteiger partial charge in [-0.2, -0.15) is 0 Å². The lowest BCUT2D eigenvalue weighted by atomic mass is 10.3. The molecule has 6 nitrogen and oxygen atoms in total. The van der Waals surface area contributed by atoms with E-state index >= 15 is 0 Å². The molecule has 1 aromatic carbocycles. The second kappa shape index (κ2) is 4.82. The third-order valence-electron chi connectivity index (χ3n) is 2.12. The van der Waals surface area contributed by atoms with Crippen molar-refractivity contribution in [2.24, 2.45) is 5.14 Å². The molecule has 0 aliphatic heterocycles. The van der Waals surface area contributed by atoms with Gasteiger partial charge in [0.15, 0.2) is 0 Å². The van der Waals surface area contributed by atoms with E-state index in [1.807, 2.05) is 0 Å². The Bertz CT molecular complexity index is 653. The van der Waals surface area contributed by atoms with Gasteiger partial charge in [0, 0.05) is 0 Å². The van der Waals surface area contributed by atoms with E-state index in [4.69, 9.17) is 5.14 Å². The molecule has 0 saturated heterocycles. The quantitative estimate of drug-likeness (QED) is 0.849. The highest BCUT2D eigenvalue weighted by Crippen LogP contribution is 2.19. The number of hydrogen-bond acceptors (Lipinski definition) is 4. The summed E-state index contributed by atoms with van der Waals surface area (Å²) < 4.78 is 60.5. The van der Waals surface area contributed by atoms with E-state index < -0.39 is 36.0 Å². The van der Waals surface area contributed by atoms with E-state index in [9.17, 15) is 21.2 Å². The van der Waals surface area contributed by atoms with Crippen LogP contribution < -0.4 is 9.86 Å². The van der Waals surface area contributed by atoms with Crippen molar-refractivity contribution in [3.05, 3.63) is 24.0 Å². The predicted octanol–water partition coefficient (Wildman–Crippen LogP) is 0.623. The second-order valence-corrected chi connectivity index (χ2v) is 7.65. The van der Waals surface area contributed by atoms with Crippen molar-refractivity contribution in [2.45, 2.75) is 24.0 Å². The van der Waals surface area contributed by atoms with Gasteiger partial charge in [0.25, 0.3) is 0 Å². The van der Waals surface area contributed by atoms with Crippen LogP contribution in [0.1, 0.15) is 13.8 Å². The number of halogens is 1. The van der Waals surface area contributed by atoms with Gasteiger partial charge in [-0.15, -0.1) is 0 Å². The van der Waals surface area contributed by atoms with Gasteiger partial charge in [-0.3, -0.25) is 4.72 Å². The molecule has 0 unspecified atom stereocenters. The topological polar surface area (TPSA) is 106 Å². The third kappa shape index (κ3) is 3.40. The molecule has 0 fully saturated rings. The minimum Gasteiger partial charge on any atom is -0.283 e. The molecule has 0 spiro atoms. The molecule has 1 rings (SSSR count). The molecule has 0 aliphatic rings. The number of anilines is 1. The van der Waals surface area contributed by atoms with Crippen LogP contribution >= 0.6 is 0 Å². The van der Waals surface area contributed by atoms with Crippen LogP contribution in [0.3, 0.4) is 0 Å². The second-order valence-electron chi connectivity index (χ2n) is 3.89. The monoisotopic (exact) mass is 296 g/mol. The fourth-order valence-corrected chi connectivity index (χ4v) is 2.36. The summed E-state index contributed by atoms with van der Waals surface area (Å²) in [7, 11) is -7.78. The summed E-state index contributed by atoms with van der Waals surface area (Å²) in [5.41, 5.74) is -0.0615. The summed E-state index contributed by atoms with van der Waals surface area (Å²) in [6.07, 6.45) is 0. The first-order valence-corrected chi connectivity index (χ1v) is 7.97. The van der Waals surface area contributed by atoms with Crippen molar-refractivity contribution in [3.63, 3.8) is 0 Å². The molecule has 0 radical (unpaired) electrons. The number of nitrogens with two attached hydrogens (primary N) is 1. The fourth-order valence-electron chi connectivity index (χ4n) is 1.08. The summed E-state index contributed by atoms with van der Waals surface area (Å²) in [5.74, 6) is -1.11.